The molecule has 0 aromatic carbocycles. The fraction of sp³-hybridized carbons (Fsp3) is 0.769. The number of aromatic nitrogens is 3. The van der Waals surface area contributed by atoms with E-state index in [1.54, 1.807) is 14.0 Å². The van der Waals surface area contributed by atoms with Gasteiger partial charge in [0, 0.05) is 7.11 Å². The molecular formula is C13H19F2N3O3. The summed E-state index contributed by atoms with van der Waals surface area (Å²) in [5, 5.41) is 7.36. The number of carbonyl (C=O) groups is 1. The summed E-state index contributed by atoms with van der Waals surface area (Å²) < 4.78 is 37.8. The molecule has 6 nitrogen and oxygen atoms in total. The predicted molar refractivity (Wildman–Crippen MR) is 69.2 cm³/mol. The van der Waals surface area contributed by atoms with E-state index in [1.165, 1.54) is 4.68 Å². The average Bonchev–Trinajstić information content (AvgIpc) is 2.92. The van der Waals surface area contributed by atoms with Crippen molar-refractivity contribution in [1.29, 1.82) is 0 Å². The van der Waals surface area contributed by atoms with Crippen molar-refractivity contribution < 1.29 is 23.0 Å². The van der Waals surface area contributed by atoms with Gasteiger partial charge in [0.15, 0.2) is 5.69 Å². The van der Waals surface area contributed by atoms with Crippen molar-refractivity contribution >= 4 is 5.97 Å². The Morgan fingerprint density at radius 2 is 2.24 bits per heavy atom. The standard InChI is InChI=1S/C13H19F2N3O3/c1-3-21-13(19)10-11(12(14)15)18(17-16-10)8-5-4-6-9(7-8)20-2/h8-9,12H,3-7H2,1-2H3. The lowest BCUT2D eigenvalue weighted by molar-refractivity contribution is 0.0453. The second-order valence-electron chi connectivity index (χ2n) is 4.97. The lowest BCUT2D eigenvalue weighted by Gasteiger charge is -2.28. The highest BCUT2D eigenvalue weighted by Crippen LogP contribution is 2.33. The Morgan fingerprint density at radius 3 is 2.86 bits per heavy atom. The van der Waals surface area contributed by atoms with E-state index in [1.807, 2.05) is 0 Å². The molecule has 0 bridgehead atoms. The van der Waals surface area contributed by atoms with Crippen LogP contribution in [0.2, 0.25) is 0 Å². The number of rotatable bonds is 5. The molecular weight excluding hydrogens is 284 g/mol. The molecule has 8 heteroatoms. The Bertz CT molecular complexity index is 493. The lowest BCUT2D eigenvalue weighted by Crippen LogP contribution is -2.26. The van der Waals surface area contributed by atoms with E-state index in [9.17, 15) is 13.6 Å². The van der Waals surface area contributed by atoms with Crippen molar-refractivity contribution in [3.63, 3.8) is 0 Å². The second-order valence-corrected chi connectivity index (χ2v) is 4.97. The topological polar surface area (TPSA) is 66.2 Å². The van der Waals surface area contributed by atoms with Crippen LogP contribution in [0, 0.1) is 0 Å². The molecule has 0 aliphatic heterocycles. The molecule has 21 heavy (non-hydrogen) atoms. The first kappa shape index (κ1) is 15.8. The average molecular weight is 303 g/mol. The van der Waals surface area contributed by atoms with Crippen molar-refractivity contribution in [2.75, 3.05) is 13.7 Å². The smallest absolute Gasteiger partial charge is 0.361 e. The Labute approximate surface area is 121 Å². The van der Waals surface area contributed by atoms with Gasteiger partial charge in [-0.3, -0.25) is 0 Å². The lowest BCUT2D eigenvalue weighted by atomic mass is 9.93. The molecule has 1 fully saturated rings. The molecule has 2 atom stereocenters. The zero-order valence-electron chi connectivity index (χ0n) is 12.1. The van der Waals surface area contributed by atoms with E-state index < -0.39 is 23.8 Å². The predicted octanol–water partition coefficient (Wildman–Crippen LogP) is 2.52. The number of alkyl halides is 2. The van der Waals surface area contributed by atoms with Crippen molar-refractivity contribution in [1.82, 2.24) is 15.0 Å². The van der Waals surface area contributed by atoms with E-state index in [0.29, 0.717) is 12.8 Å². The first-order chi connectivity index (χ1) is 10.1. The van der Waals surface area contributed by atoms with Gasteiger partial charge in [-0.1, -0.05) is 5.21 Å². The third kappa shape index (κ3) is 3.37. The fourth-order valence-corrected chi connectivity index (χ4v) is 2.68. The number of hydrogen-bond acceptors (Lipinski definition) is 5. The summed E-state index contributed by atoms with van der Waals surface area (Å²) in [5.41, 5.74) is -0.860. The van der Waals surface area contributed by atoms with Crippen LogP contribution in [0.3, 0.4) is 0 Å². The summed E-state index contributed by atoms with van der Waals surface area (Å²) in [4.78, 5) is 11.7. The van der Waals surface area contributed by atoms with Crippen molar-refractivity contribution in [2.24, 2.45) is 0 Å². The fourth-order valence-electron chi connectivity index (χ4n) is 2.68. The van der Waals surface area contributed by atoms with E-state index in [-0.39, 0.29) is 18.8 Å². The number of ether oxygens (including phenoxy) is 2. The molecule has 1 aliphatic rings. The number of esters is 1. The molecule has 2 rings (SSSR count). The van der Waals surface area contributed by atoms with Crippen LogP contribution in [0.5, 0.6) is 0 Å². The van der Waals surface area contributed by atoms with Crippen molar-refractivity contribution in [3.05, 3.63) is 11.4 Å². The van der Waals surface area contributed by atoms with Crippen LogP contribution in [0.15, 0.2) is 0 Å². The molecule has 0 amide bonds. The summed E-state index contributed by atoms with van der Waals surface area (Å²) in [6, 6.07) is -0.233. The monoisotopic (exact) mass is 303 g/mol. The summed E-state index contributed by atoms with van der Waals surface area (Å²) in [6.07, 6.45) is 0.246. The van der Waals surface area contributed by atoms with Crippen LogP contribution >= 0.6 is 0 Å². The Kier molecular flexibility index (Phi) is 5.22. The highest BCUT2D eigenvalue weighted by atomic mass is 19.3. The van der Waals surface area contributed by atoms with Gasteiger partial charge in [-0.15, -0.1) is 5.10 Å². The molecule has 0 saturated heterocycles. The zero-order chi connectivity index (χ0) is 15.4. The number of methoxy groups -OCH3 is 1. The normalized spacial score (nSPS) is 22.5. The number of halogens is 2. The molecule has 1 aromatic rings. The maximum atomic E-state index is 13.3. The van der Waals surface area contributed by atoms with Gasteiger partial charge in [-0.05, 0) is 32.6 Å². The highest BCUT2D eigenvalue weighted by molar-refractivity contribution is 5.88. The Morgan fingerprint density at radius 1 is 1.48 bits per heavy atom. The molecule has 118 valence electrons. The van der Waals surface area contributed by atoms with Gasteiger partial charge >= 0.3 is 5.97 Å². The van der Waals surface area contributed by atoms with Crippen LogP contribution in [0.25, 0.3) is 0 Å². The summed E-state index contributed by atoms with van der Waals surface area (Å²) in [6.45, 7) is 1.71. The first-order valence-electron chi connectivity index (χ1n) is 7.01. The van der Waals surface area contributed by atoms with Crippen LogP contribution in [0.1, 0.15) is 61.3 Å². The quantitative estimate of drug-likeness (QED) is 0.782. The molecule has 0 spiro atoms. The molecule has 2 unspecified atom stereocenters. The van der Waals surface area contributed by atoms with Gasteiger partial charge in [0.25, 0.3) is 6.43 Å². The molecule has 1 saturated carbocycles. The van der Waals surface area contributed by atoms with Gasteiger partial charge in [-0.2, -0.15) is 0 Å². The van der Waals surface area contributed by atoms with Crippen LogP contribution in [-0.2, 0) is 9.47 Å². The van der Waals surface area contributed by atoms with E-state index >= 15 is 0 Å². The van der Waals surface area contributed by atoms with E-state index in [4.69, 9.17) is 9.47 Å². The summed E-state index contributed by atoms with van der Waals surface area (Å²) >= 11 is 0. The minimum Gasteiger partial charge on any atom is -0.461 e. The minimum absolute atomic E-state index is 0.0181. The Hall–Kier alpha value is -1.57. The first-order valence-corrected chi connectivity index (χ1v) is 7.01. The molecule has 0 radical (unpaired) electrons. The van der Waals surface area contributed by atoms with Crippen molar-refractivity contribution in [2.45, 2.75) is 51.2 Å². The molecule has 0 N–H and O–H groups in total. The Balaban J connectivity index is 2.29. The second kappa shape index (κ2) is 6.93. The largest absolute Gasteiger partial charge is 0.461 e. The zero-order valence-corrected chi connectivity index (χ0v) is 12.1. The van der Waals surface area contributed by atoms with E-state index in [0.717, 1.165) is 12.8 Å². The summed E-state index contributed by atoms with van der Waals surface area (Å²) in [7, 11) is 1.60. The number of carbonyl (C=O) groups excluding carboxylic acids is 1. The molecule has 1 aliphatic carbocycles. The third-order valence-electron chi connectivity index (χ3n) is 3.68. The van der Waals surface area contributed by atoms with Gasteiger partial charge in [-0.25, -0.2) is 18.3 Å². The number of hydrogen-bond donors (Lipinski definition) is 0. The van der Waals surface area contributed by atoms with Gasteiger partial charge in [0.05, 0.1) is 18.8 Å². The van der Waals surface area contributed by atoms with Gasteiger partial charge < -0.3 is 9.47 Å². The van der Waals surface area contributed by atoms with Crippen LogP contribution in [0.4, 0.5) is 8.78 Å². The van der Waals surface area contributed by atoms with Crippen molar-refractivity contribution in [3.8, 4) is 0 Å². The maximum absolute atomic E-state index is 13.3. The van der Waals surface area contributed by atoms with Gasteiger partial charge in [0.2, 0.25) is 0 Å². The van der Waals surface area contributed by atoms with E-state index in [2.05, 4.69) is 10.3 Å². The molecule has 1 aromatic heterocycles. The SMILES string of the molecule is CCOC(=O)c1nnn(C2CCCC(OC)C2)c1C(F)F. The van der Waals surface area contributed by atoms with Crippen LogP contribution < -0.4 is 0 Å². The maximum Gasteiger partial charge on any atom is 0.361 e. The summed E-state index contributed by atoms with van der Waals surface area (Å²) in [5.74, 6) is -0.863. The molecule has 1 heterocycles. The number of nitrogens with zero attached hydrogens (tertiary/aromatic N) is 3. The van der Waals surface area contributed by atoms with Gasteiger partial charge in [0.1, 0.15) is 5.69 Å². The highest BCUT2D eigenvalue weighted by Gasteiger charge is 2.33. The third-order valence-corrected chi connectivity index (χ3v) is 3.68. The minimum atomic E-state index is -2.83. The van der Waals surface area contributed by atoms with Crippen LogP contribution in [-0.4, -0.2) is 40.8 Å².